The summed E-state index contributed by atoms with van der Waals surface area (Å²) < 4.78 is 25.4. The van der Waals surface area contributed by atoms with Gasteiger partial charge in [0.25, 0.3) is 0 Å². The lowest BCUT2D eigenvalue weighted by molar-refractivity contribution is -0.144. The number of esters is 1. The zero-order valence-electron chi connectivity index (χ0n) is 19.1. The van der Waals surface area contributed by atoms with Gasteiger partial charge >= 0.3 is 5.97 Å². The highest BCUT2D eigenvalue weighted by atomic mass is 19.1. The number of benzene rings is 1. The van der Waals surface area contributed by atoms with Gasteiger partial charge in [0.2, 0.25) is 0 Å². The van der Waals surface area contributed by atoms with E-state index < -0.39 is 5.82 Å². The fraction of sp³-hybridized carbons (Fsp3) is 0.607. The van der Waals surface area contributed by atoms with E-state index in [1.165, 1.54) is 57.1 Å². The van der Waals surface area contributed by atoms with Crippen LogP contribution in [0, 0.1) is 41.3 Å². The average molecular weight is 441 g/mol. The molecule has 1 aromatic carbocycles. The van der Waals surface area contributed by atoms with Crippen molar-refractivity contribution in [3.8, 4) is 11.5 Å². The molecule has 4 heteroatoms. The summed E-state index contributed by atoms with van der Waals surface area (Å²) in [6.07, 6.45) is 15.7. The molecule has 0 amide bonds. The lowest BCUT2D eigenvalue weighted by Gasteiger charge is -2.45. The van der Waals surface area contributed by atoms with E-state index in [0.29, 0.717) is 30.1 Å². The lowest BCUT2D eigenvalue weighted by Crippen LogP contribution is -2.40. The summed E-state index contributed by atoms with van der Waals surface area (Å²) in [5.74, 6) is 2.81. The number of rotatable bonds is 7. The smallest absolute Gasteiger partial charge is 0.314 e. The van der Waals surface area contributed by atoms with Gasteiger partial charge in [-0.1, -0.05) is 31.6 Å². The normalized spacial score (nSPS) is 32.4. The number of carbonyl (C=O) groups is 1. The van der Waals surface area contributed by atoms with Crippen molar-refractivity contribution >= 4 is 5.97 Å². The SMILES string of the molecule is C=CCOc1ccc(OC(=O)C2CCCC3CC(C4CCC(C=C)CC4)CCC32)c(F)c1. The molecule has 4 rings (SSSR count). The van der Waals surface area contributed by atoms with Gasteiger partial charge in [0.15, 0.2) is 11.6 Å². The zero-order chi connectivity index (χ0) is 22.5. The van der Waals surface area contributed by atoms with Gasteiger partial charge in [-0.15, -0.1) is 6.58 Å². The van der Waals surface area contributed by atoms with Crippen molar-refractivity contribution in [3.05, 3.63) is 49.3 Å². The van der Waals surface area contributed by atoms with E-state index in [1.54, 1.807) is 12.1 Å². The largest absolute Gasteiger partial charge is 0.489 e. The maximum Gasteiger partial charge on any atom is 0.314 e. The zero-order valence-corrected chi connectivity index (χ0v) is 19.1. The fourth-order valence-electron chi connectivity index (χ4n) is 6.57. The van der Waals surface area contributed by atoms with Gasteiger partial charge in [-0.3, -0.25) is 4.79 Å². The first-order valence-electron chi connectivity index (χ1n) is 12.5. The highest BCUT2D eigenvalue weighted by molar-refractivity contribution is 5.75. The van der Waals surface area contributed by atoms with Crippen LogP contribution in [0.25, 0.3) is 0 Å². The predicted octanol–water partition coefficient (Wildman–Crippen LogP) is 7.12. The Bertz CT molecular complexity index is 811. The quantitative estimate of drug-likeness (QED) is 0.257. The predicted molar refractivity (Wildman–Crippen MR) is 125 cm³/mol. The Morgan fingerprint density at radius 1 is 1.00 bits per heavy atom. The highest BCUT2D eigenvalue weighted by Crippen LogP contribution is 2.50. The van der Waals surface area contributed by atoms with Crippen LogP contribution < -0.4 is 9.47 Å². The van der Waals surface area contributed by atoms with E-state index in [1.807, 2.05) is 0 Å². The molecule has 0 aromatic heterocycles. The van der Waals surface area contributed by atoms with Crippen molar-refractivity contribution in [2.75, 3.05) is 6.61 Å². The molecule has 0 heterocycles. The monoisotopic (exact) mass is 440 g/mol. The van der Waals surface area contributed by atoms with Gasteiger partial charge < -0.3 is 9.47 Å². The van der Waals surface area contributed by atoms with E-state index in [0.717, 1.165) is 31.1 Å². The van der Waals surface area contributed by atoms with Crippen LogP contribution in [0.3, 0.4) is 0 Å². The first-order valence-corrected chi connectivity index (χ1v) is 12.5. The molecule has 0 saturated heterocycles. The summed E-state index contributed by atoms with van der Waals surface area (Å²) in [6, 6.07) is 4.38. The molecule has 3 fully saturated rings. The van der Waals surface area contributed by atoms with Crippen LogP contribution in [0.1, 0.15) is 64.2 Å². The van der Waals surface area contributed by atoms with E-state index >= 15 is 0 Å². The van der Waals surface area contributed by atoms with E-state index in [9.17, 15) is 9.18 Å². The molecule has 4 atom stereocenters. The van der Waals surface area contributed by atoms with Crippen LogP contribution in [-0.2, 0) is 4.79 Å². The maximum atomic E-state index is 14.5. The van der Waals surface area contributed by atoms with E-state index in [2.05, 4.69) is 19.2 Å². The summed E-state index contributed by atoms with van der Waals surface area (Å²) in [4.78, 5) is 13.0. The lowest BCUT2D eigenvalue weighted by atomic mass is 9.59. The van der Waals surface area contributed by atoms with Gasteiger partial charge in [-0.2, -0.15) is 0 Å². The molecule has 3 nitrogen and oxygen atoms in total. The number of hydrogen-bond donors (Lipinski definition) is 0. The molecule has 1 aromatic rings. The molecule has 0 bridgehead atoms. The standard InChI is InChI=1S/C28H37FO3/c1-3-16-31-23-13-15-27(26(29)18-23)32-28(30)25-7-5-6-22-17-21(12-14-24(22)25)20-10-8-19(4-2)9-11-20/h3-4,13,15,18-22,24-25H,1-2,5-12,14,16-17H2. The van der Waals surface area contributed by atoms with Crippen molar-refractivity contribution < 1.29 is 18.7 Å². The summed E-state index contributed by atoms with van der Waals surface area (Å²) in [6.45, 7) is 7.87. The van der Waals surface area contributed by atoms with Crippen LogP contribution >= 0.6 is 0 Å². The van der Waals surface area contributed by atoms with Gasteiger partial charge in [-0.25, -0.2) is 4.39 Å². The minimum Gasteiger partial charge on any atom is -0.489 e. The third kappa shape index (κ3) is 5.27. The van der Waals surface area contributed by atoms with E-state index in [-0.39, 0.29) is 17.6 Å². The molecule has 3 aliphatic carbocycles. The van der Waals surface area contributed by atoms with Crippen molar-refractivity contribution in [1.29, 1.82) is 0 Å². The second-order valence-corrected chi connectivity index (χ2v) is 10.1. The maximum absolute atomic E-state index is 14.5. The Kier molecular flexibility index (Phi) is 7.70. The van der Waals surface area contributed by atoms with Crippen molar-refractivity contribution in [3.63, 3.8) is 0 Å². The van der Waals surface area contributed by atoms with Crippen molar-refractivity contribution in [2.45, 2.75) is 64.2 Å². The number of allylic oxidation sites excluding steroid dienone is 1. The third-order valence-corrected chi connectivity index (χ3v) is 8.29. The van der Waals surface area contributed by atoms with Gasteiger partial charge in [0, 0.05) is 6.07 Å². The summed E-state index contributed by atoms with van der Waals surface area (Å²) in [5, 5.41) is 0. The Hall–Kier alpha value is -2.10. The average Bonchev–Trinajstić information content (AvgIpc) is 2.83. The van der Waals surface area contributed by atoms with Crippen LogP contribution in [0.5, 0.6) is 11.5 Å². The molecule has 0 aliphatic heterocycles. The van der Waals surface area contributed by atoms with Crippen molar-refractivity contribution in [1.82, 2.24) is 0 Å². The van der Waals surface area contributed by atoms with Crippen LogP contribution in [0.4, 0.5) is 4.39 Å². The molecule has 3 aliphatic rings. The van der Waals surface area contributed by atoms with Gasteiger partial charge in [-0.05, 0) is 93.1 Å². The molecule has 0 spiro atoms. The van der Waals surface area contributed by atoms with Crippen LogP contribution in [0.15, 0.2) is 43.5 Å². The summed E-state index contributed by atoms with van der Waals surface area (Å²) in [5.41, 5.74) is 0. The van der Waals surface area contributed by atoms with E-state index in [4.69, 9.17) is 9.47 Å². The molecular weight excluding hydrogens is 403 g/mol. The second-order valence-electron chi connectivity index (χ2n) is 10.1. The highest BCUT2D eigenvalue weighted by Gasteiger charge is 2.43. The minimum absolute atomic E-state index is 0.00394. The number of carbonyl (C=O) groups excluding carboxylic acids is 1. The number of halogens is 1. The Balaban J connectivity index is 1.35. The molecule has 32 heavy (non-hydrogen) atoms. The van der Waals surface area contributed by atoms with Crippen LogP contribution in [0.2, 0.25) is 0 Å². The Labute approximate surface area is 192 Å². The Morgan fingerprint density at radius 3 is 2.50 bits per heavy atom. The first-order chi connectivity index (χ1) is 15.6. The topological polar surface area (TPSA) is 35.5 Å². The number of ether oxygens (including phenoxy) is 2. The first kappa shape index (κ1) is 23.1. The molecule has 174 valence electrons. The molecule has 4 unspecified atom stereocenters. The Morgan fingerprint density at radius 2 is 1.78 bits per heavy atom. The molecular formula is C28H37FO3. The van der Waals surface area contributed by atoms with Gasteiger partial charge in [0.1, 0.15) is 12.4 Å². The molecule has 0 N–H and O–H groups in total. The summed E-state index contributed by atoms with van der Waals surface area (Å²) in [7, 11) is 0. The molecule has 3 saturated carbocycles. The number of hydrogen-bond acceptors (Lipinski definition) is 3. The third-order valence-electron chi connectivity index (χ3n) is 8.29. The number of fused-ring (bicyclic) bond motifs is 1. The fourth-order valence-corrected chi connectivity index (χ4v) is 6.57. The minimum atomic E-state index is -0.564. The van der Waals surface area contributed by atoms with Crippen LogP contribution in [-0.4, -0.2) is 12.6 Å². The van der Waals surface area contributed by atoms with Crippen molar-refractivity contribution in [2.24, 2.45) is 35.5 Å². The molecule has 0 radical (unpaired) electrons. The van der Waals surface area contributed by atoms with Gasteiger partial charge in [0.05, 0.1) is 5.92 Å². The second kappa shape index (κ2) is 10.7. The summed E-state index contributed by atoms with van der Waals surface area (Å²) >= 11 is 0.